The van der Waals surface area contributed by atoms with Crippen LogP contribution < -0.4 is 0 Å². The molecule has 0 aromatic carbocycles. The van der Waals surface area contributed by atoms with Crippen molar-refractivity contribution >= 4 is 5.97 Å². The highest BCUT2D eigenvalue weighted by Gasteiger charge is 2.45. The van der Waals surface area contributed by atoms with Crippen LogP contribution in [0.15, 0.2) is 0 Å². The van der Waals surface area contributed by atoms with Gasteiger partial charge in [0.25, 0.3) is 0 Å². The van der Waals surface area contributed by atoms with E-state index in [9.17, 15) is 4.79 Å². The fraction of sp³-hybridized carbons (Fsp3) is 0.889. The number of ether oxygens (including phenoxy) is 2. The summed E-state index contributed by atoms with van der Waals surface area (Å²) >= 11 is 0. The molecule has 1 fully saturated rings. The highest BCUT2D eigenvalue weighted by Crippen LogP contribution is 2.34. The Morgan fingerprint density at radius 1 is 1.38 bits per heavy atom. The highest BCUT2D eigenvalue weighted by molar-refractivity contribution is 5.73. The average molecular weight is 188 g/mol. The SMILES string of the molecule is CC1(C)OCC(C)(C)C(C(=O)O)O1. The van der Waals surface area contributed by atoms with Gasteiger partial charge in [0.2, 0.25) is 0 Å². The molecule has 4 heteroatoms. The number of hydrogen-bond donors (Lipinski definition) is 1. The van der Waals surface area contributed by atoms with Gasteiger partial charge >= 0.3 is 5.97 Å². The lowest BCUT2D eigenvalue weighted by molar-refractivity contribution is -0.307. The van der Waals surface area contributed by atoms with Gasteiger partial charge in [0.05, 0.1) is 6.61 Å². The first-order valence-electron chi connectivity index (χ1n) is 4.29. The van der Waals surface area contributed by atoms with E-state index < -0.39 is 23.3 Å². The third-order valence-corrected chi connectivity index (χ3v) is 2.13. The molecule has 1 heterocycles. The molecule has 1 saturated heterocycles. The quantitative estimate of drug-likeness (QED) is 0.672. The van der Waals surface area contributed by atoms with Gasteiger partial charge in [-0.1, -0.05) is 13.8 Å². The van der Waals surface area contributed by atoms with Crippen LogP contribution in [0.25, 0.3) is 0 Å². The molecule has 1 aliphatic heterocycles. The van der Waals surface area contributed by atoms with Crippen molar-refractivity contribution in [1.29, 1.82) is 0 Å². The highest BCUT2D eigenvalue weighted by atomic mass is 16.7. The standard InChI is InChI=1S/C9H16O4/c1-8(2)5-12-9(3,4)13-6(8)7(10)11/h6H,5H2,1-4H3,(H,10,11). The summed E-state index contributed by atoms with van der Waals surface area (Å²) in [7, 11) is 0. The van der Waals surface area contributed by atoms with Crippen LogP contribution in [0.5, 0.6) is 0 Å². The van der Waals surface area contributed by atoms with E-state index >= 15 is 0 Å². The Morgan fingerprint density at radius 2 is 1.92 bits per heavy atom. The monoisotopic (exact) mass is 188 g/mol. The summed E-state index contributed by atoms with van der Waals surface area (Å²) in [6.07, 6.45) is -0.795. The first-order valence-corrected chi connectivity index (χ1v) is 4.29. The van der Waals surface area contributed by atoms with Crippen LogP contribution in [0, 0.1) is 5.41 Å². The fourth-order valence-electron chi connectivity index (χ4n) is 1.30. The molecule has 0 aliphatic carbocycles. The van der Waals surface area contributed by atoms with Crippen molar-refractivity contribution in [2.45, 2.75) is 39.6 Å². The maximum absolute atomic E-state index is 10.9. The second kappa shape index (κ2) is 2.96. The Bertz CT molecular complexity index is 220. The van der Waals surface area contributed by atoms with Crippen LogP contribution >= 0.6 is 0 Å². The number of carboxylic acid groups (broad SMARTS) is 1. The second-order valence-corrected chi connectivity index (χ2v) is 4.51. The minimum atomic E-state index is -0.929. The summed E-state index contributed by atoms with van der Waals surface area (Å²) in [5.74, 6) is -1.72. The molecule has 1 aliphatic rings. The van der Waals surface area contributed by atoms with Crippen molar-refractivity contribution in [3.05, 3.63) is 0 Å². The summed E-state index contributed by atoms with van der Waals surface area (Å²) in [6.45, 7) is 7.48. The van der Waals surface area contributed by atoms with Gasteiger partial charge in [-0.15, -0.1) is 0 Å². The number of hydrogen-bond acceptors (Lipinski definition) is 3. The molecule has 0 radical (unpaired) electrons. The molecule has 1 N–H and O–H groups in total. The van der Waals surface area contributed by atoms with Crippen LogP contribution in [0.3, 0.4) is 0 Å². The van der Waals surface area contributed by atoms with Gasteiger partial charge in [0, 0.05) is 5.41 Å². The first-order chi connectivity index (χ1) is 5.75. The first kappa shape index (κ1) is 10.5. The van der Waals surface area contributed by atoms with E-state index in [-0.39, 0.29) is 0 Å². The lowest BCUT2D eigenvalue weighted by Crippen LogP contribution is -2.53. The van der Waals surface area contributed by atoms with E-state index in [1.54, 1.807) is 13.8 Å². The van der Waals surface area contributed by atoms with E-state index in [1.165, 1.54) is 0 Å². The van der Waals surface area contributed by atoms with E-state index in [4.69, 9.17) is 14.6 Å². The largest absolute Gasteiger partial charge is 0.479 e. The van der Waals surface area contributed by atoms with Crippen molar-refractivity contribution in [2.75, 3.05) is 6.61 Å². The van der Waals surface area contributed by atoms with E-state index in [2.05, 4.69) is 0 Å². The summed E-state index contributed by atoms with van der Waals surface area (Å²) in [4.78, 5) is 10.9. The summed E-state index contributed by atoms with van der Waals surface area (Å²) in [5, 5.41) is 8.93. The average Bonchev–Trinajstić information content (AvgIpc) is 1.95. The minimum absolute atomic E-state index is 0.400. The van der Waals surface area contributed by atoms with Gasteiger partial charge < -0.3 is 14.6 Å². The van der Waals surface area contributed by atoms with Gasteiger partial charge in [-0.05, 0) is 13.8 Å². The summed E-state index contributed by atoms with van der Waals surface area (Å²) in [5.41, 5.74) is -0.471. The van der Waals surface area contributed by atoms with Gasteiger partial charge in [-0.3, -0.25) is 0 Å². The molecule has 0 spiro atoms. The zero-order valence-corrected chi connectivity index (χ0v) is 8.46. The van der Waals surface area contributed by atoms with E-state index in [0.29, 0.717) is 6.61 Å². The molecule has 0 aromatic heterocycles. The number of rotatable bonds is 1. The number of carbonyl (C=O) groups is 1. The van der Waals surface area contributed by atoms with Crippen molar-refractivity contribution in [3.63, 3.8) is 0 Å². The molecule has 1 atom stereocenters. The van der Waals surface area contributed by atoms with Gasteiger partial charge in [-0.2, -0.15) is 0 Å². The van der Waals surface area contributed by atoms with E-state index in [0.717, 1.165) is 0 Å². The predicted octanol–water partition coefficient (Wildman–Crippen LogP) is 1.25. The normalized spacial score (nSPS) is 31.2. The fourth-order valence-corrected chi connectivity index (χ4v) is 1.30. The molecule has 13 heavy (non-hydrogen) atoms. The molecule has 0 bridgehead atoms. The molecule has 0 saturated carbocycles. The molecule has 0 aromatic rings. The summed E-state index contributed by atoms with van der Waals surface area (Å²) in [6, 6.07) is 0. The van der Waals surface area contributed by atoms with Gasteiger partial charge in [0.15, 0.2) is 11.9 Å². The second-order valence-electron chi connectivity index (χ2n) is 4.51. The van der Waals surface area contributed by atoms with Crippen molar-refractivity contribution in [2.24, 2.45) is 5.41 Å². The summed E-state index contributed by atoms with van der Waals surface area (Å²) < 4.78 is 10.7. The third kappa shape index (κ3) is 2.19. The van der Waals surface area contributed by atoms with Crippen molar-refractivity contribution in [1.82, 2.24) is 0 Å². The Hall–Kier alpha value is -0.610. The molecule has 4 nitrogen and oxygen atoms in total. The smallest absolute Gasteiger partial charge is 0.333 e. The molecule has 1 unspecified atom stereocenters. The minimum Gasteiger partial charge on any atom is -0.479 e. The Morgan fingerprint density at radius 3 is 2.31 bits per heavy atom. The maximum Gasteiger partial charge on any atom is 0.333 e. The topological polar surface area (TPSA) is 55.8 Å². The van der Waals surface area contributed by atoms with Crippen LogP contribution in [0.2, 0.25) is 0 Å². The Labute approximate surface area is 77.8 Å². The Kier molecular flexibility index (Phi) is 2.38. The molecule has 0 amide bonds. The number of carboxylic acids is 1. The zero-order chi connectivity index (χ0) is 10.3. The maximum atomic E-state index is 10.9. The zero-order valence-electron chi connectivity index (χ0n) is 8.46. The van der Waals surface area contributed by atoms with Gasteiger partial charge in [-0.25, -0.2) is 4.79 Å². The van der Waals surface area contributed by atoms with Crippen LogP contribution in [0.4, 0.5) is 0 Å². The molecular formula is C9H16O4. The van der Waals surface area contributed by atoms with Crippen LogP contribution in [0.1, 0.15) is 27.7 Å². The lowest BCUT2D eigenvalue weighted by Gasteiger charge is -2.43. The van der Waals surface area contributed by atoms with Crippen LogP contribution in [-0.4, -0.2) is 29.6 Å². The number of aliphatic carboxylic acids is 1. The Balaban J connectivity index is 2.82. The lowest BCUT2D eigenvalue weighted by atomic mass is 9.86. The molecular weight excluding hydrogens is 172 g/mol. The molecule has 1 rings (SSSR count). The van der Waals surface area contributed by atoms with Crippen molar-refractivity contribution < 1.29 is 19.4 Å². The third-order valence-electron chi connectivity index (χ3n) is 2.13. The molecule has 76 valence electrons. The van der Waals surface area contributed by atoms with Crippen molar-refractivity contribution in [3.8, 4) is 0 Å². The van der Waals surface area contributed by atoms with Crippen LogP contribution in [-0.2, 0) is 14.3 Å². The van der Waals surface area contributed by atoms with Gasteiger partial charge in [0.1, 0.15) is 0 Å². The predicted molar refractivity (Wildman–Crippen MR) is 46.3 cm³/mol. The van der Waals surface area contributed by atoms with E-state index in [1.807, 2.05) is 13.8 Å².